The standard InChI is InChI=1S/C19H20Cl2N4O2S2/c1-3-29(26,27)22-11-18-23-24-19(28-12-14-6-4-5-13(2)9-14)25(18)17-10-15(20)7-8-16(17)21/h4-10,22H,3,11-12H2,1-2H3. The van der Waals surface area contributed by atoms with Crippen LogP contribution >= 0.6 is 35.0 Å². The van der Waals surface area contributed by atoms with Gasteiger partial charge >= 0.3 is 0 Å². The minimum Gasteiger partial charge on any atom is -0.271 e. The van der Waals surface area contributed by atoms with E-state index >= 15 is 0 Å². The van der Waals surface area contributed by atoms with Crippen LogP contribution in [0, 0.1) is 6.92 Å². The maximum absolute atomic E-state index is 11.9. The third-order valence-electron chi connectivity index (χ3n) is 4.13. The van der Waals surface area contributed by atoms with Crippen molar-refractivity contribution in [2.75, 3.05) is 5.75 Å². The first-order valence-electron chi connectivity index (χ1n) is 8.84. The number of thioether (sulfide) groups is 1. The van der Waals surface area contributed by atoms with Crippen LogP contribution in [0.25, 0.3) is 5.69 Å². The van der Waals surface area contributed by atoms with Crippen LogP contribution in [0.3, 0.4) is 0 Å². The highest BCUT2D eigenvalue weighted by Crippen LogP contribution is 2.31. The number of rotatable bonds is 8. The maximum atomic E-state index is 11.9. The Morgan fingerprint density at radius 2 is 1.93 bits per heavy atom. The summed E-state index contributed by atoms with van der Waals surface area (Å²) < 4.78 is 28.0. The Hall–Kier alpha value is -1.58. The topological polar surface area (TPSA) is 76.9 Å². The number of sulfonamides is 1. The number of aromatic nitrogens is 3. The van der Waals surface area contributed by atoms with Crippen LogP contribution in [0.4, 0.5) is 0 Å². The minimum absolute atomic E-state index is 0.00296. The fourth-order valence-electron chi connectivity index (χ4n) is 2.63. The fraction of sp³-hybridized carbons (Fsp3) is 0.263. The molecule has 3 aromatic rings. The van der Waals surface area contributed by atoms with E-state index in [-0.39, 0.29) is 12.3 Å². The average molecular weight is 471 g/mol. The molecule has 0 atom stereocenters. The maximum Gasteiger partial charge on any atom is 0.211 e. The van der Waals surface area contributed by atoms with Gasteiger partial charge in [-0.1, -0.05) is 64.8 Å². The van der Waals surface area contributed by atoms with Crippen LogP contribution < -0.4 is 4.72 Å². The van der Waals surface area contributed by atoms with Gasteiger partial charge in [0.25, 0.3) is 0 Å². The summed E-state index contributed by atoms with van der Waals surface area (Å²) in [5.74, 6) is 1.09. The van der Waals surface area contributed by atoms with Gasteiger partial charge in [-0.3, -0.25) is 4.57 Å². The summed E-state index contributed by atoms with van der Waals surface area (Å²) in [5.41, 5.74) is 2.92. The summed E-state index contributed by atoms with van der Waals surface area (Å²) >= 11 is 14.1. The van der Waals surface area contributed by atoms with Crippen molar-refractivity contribution >= 4 is 45.0 Å². The van der Waals surface area contributed by atoms with E-state index in [4.69, 9.17) is 23.2 Å². The Labute approximate surface area is 184 Å². The second-order valence-electron chi connectivity index (χ2n) is 6.33. The molecular weight excluding hydrogens is 451 g/mol. The van der Waals surface area contributed by atoms with E-state index in [0.717, 1.165) is 5.56 Å². The molecule has 0 aliphatic rings. The molecule has 0 fully saturated rings. The van der Waals surface area contributed by atoms with Gasteiger partial charge in [-0.25, -0.2) is 13.1 Å². The van der Waals surface area contributed by atoms with Crippen molar-refractivity contribution in [2.45, 2.75) is 31.3 Å². The van der Waals surface area contributed by atoms with Gasteiger partial charge in [0, 0.05) is 10.8 Å². The zero-order valence-electron chi connectivity index (χ0n) is 15.9. The Kier molecular flexibility index (Phi) is 7.23. The molecule has 0 saturated heterocycles. The Morgan fingerprint density at radius 1 is 1.14 bits per heavy atom. The second kappa shape index (κ2) is 9.49. The van der Waals surface area contributed by atoms with Gasteiger partial charge in [-0.05, 0) is 37.6 Å². The molecule has 0 amide bonds. The number of nitrogens with one attached hydrogen (secondary N) is 1. The summed E-state index contributed by atoms with van der Waals surface area (Å²) in [6, 6.07) is 13.3. The van der Waals surface area contributed by atoms with Gasteiger partial charge < -0.3 is 0 Å². The molecule has 2 aromatic carbocycles. The lowest BCUT2D eigenvalue weighted by Crippen LogP contribution is -2.26. The minimum atomic E-state index is -3.38. The third kappa shape index (κ3) is 5.73. The van der Waals surface area contributed by atoms with E-state index in [1.807, 2.05) is 25.1 Å². The predicted octanol–water partition coefficient (Wildman–Crippen LogP) is 4.61. The summed E-state index contributed by atoms with van der Waals surface area (Å²) in [7, 11) is -3.38. The lowest BCUT2D eigenvalue weighted by molar-refractivity contribution is 0.579. The molecule has 0 bridgehead atoms. The van der Waals surface area contributed by atoms with Gasteiger partial charge in [0.15, 0.2) is 11.0 Å². The SMILES string of the molecule is CCS(=O)(=O)NCc1nnc(SCc2cccc(C)c2)n1-c1cc(Cl)ccc1Cl. The Balaban J connectivity index is 1.96. The molecular formula is C19H20Cl2N4O2S2. The van der Waals surface area contributed by atoms with Gasteiger partial charge in [0.1, 0.15) is 0 Å². The van der Waals surface area contributed by atoms with Crippen molar-refractivity contribution < 1.29 is 8.42 Å². The molecule has 1 N–H and O–H groups in total. The Bertz CT molecular complexity index is 1120. The second-order valence-corrected chi connectivity index (χ2v) is 10.2. The van der Waals surface area contributed by atoms with Gasteiger partial charge in [-0.2, -0.15) is 0 Å². The summed E-state index contributed by atoms with van der Waals surface area (Å²) in [4.78, 5) is 0. The highest BCUT2D eigenvalue weighted by Gasteiger charge is 2.19. The first kappa shape index (κ1) is 22.1. The molecule has 6 nitrogen and oxygen atoms in total. The molecule has 1 aromatic heterocycles. The van der Waals surface area contributed by atoms with E-state index in [2.05, 4.69) is 21.0 Å². The van der Waals surface area contributed by atoms with E-state index < -0.39 is 10.0 Å². The molecule has 3 rings (SSSR count). The molecule has 10 heteroatoms. The predicted molar refractivity (Wildman–Crippen MR) is 118 cm³/mol. The van der Waals surface area contributed by atoms with Crippen molar-refractivity contribution in [1.82, 2.24) is 19.5 Å². The molecule has 154 valence electrons. The Morgan fingerprint density at radius 3 is 2.66 bits per heavy atom. The normalized spacial score (nSPS) is 11.7. The summed E-state index contributed by atoms with van der Waals surface area (Å²) in [5, 5.41) is 10.0. The number of nitrogens with zero attached hydrogens (tertiary/aromatic N) is 3. The van der Waals surface area contributed by atoms with Crippen molar-refractivity contribution in [3.05, 3.63) is 69.5 Å². The van der Waals surface area contributed by atoms with Crippen LogP contribution in [0.15, 0.2) is 47.6 Å². The van der Waals surface area contributed by atoms with Crippen LogP contribution in [-0.4, -0.2) is 28.9 Å². The highest BCUT2D eigenvalue weighted by atomic mass is 35.5. The number of halogens is 2. The quantitative estimate of drug-likeness (QED) is 0.486. The van der Waals surface area contributed by atoms with Gasteiger partial charge in [0.2, 0.25) is 10.0 Å². The zero-order chi connectivity index (χ0) is 21.0. The first-order valence-corrected chi connectivity index (χ1v) is 12.2. The zero-order valence-corrected chi connectivity index (χ0v) is 19.0. The largest absolute Gasteiger partial charge is 0.271 e. The van der Waals surface area contributed by atoms with Crippen LogP contribution in [-0.2, 0) is 22.3 Å². The molecule has 0 aliphatic carbocycles. The van der Waals surface area contributed by atoms with Crippen LogP contribution in [0.5, 0.6) is 0 Å². The van der Waals surface area contributed by atoms with Crippen molar-refractivity contribution in [2.24, 2.45) is 0 Å². The number of hydrogen-bond donors (Lipinski definition) is 1. The van der Waals surface area contributed by atoms with Crippen LogP contribution in [0.1, 0.15) is 23.9 Å². The molecule has 29 heavy (non-hydrogen) atoms. The van der Waals surface area contributed by atoms with Crippen molar-refractivity contribution in [3.8, 4) is 5.69 Å². The fourth-order valence-corrected chi connectivity index (χ4v) is 4.46. The molecule has 1 heterocycles. The lowest BCUT2D eigenvalue weighted by Gasteiger charge is -2.13. The first-order chi connectivity index (χ1) is 13.8. The van der Waals surface area contributed by atoms with Gasteiger partial charge in [-0.15, -0.1) is 10.2 Å². The van der Waals surface area contributed by atoms with Crippen molar-refractivity contribution in [1.29, 1.82) is 0 Å². The number of hydrogen-bond acceptors (Lipinski definition) is 5. The monoisotopic (exact) mass is 470 g/mol. The van der Waals surface area contributed by atoms with Gasteiger partial charge in [0.05, 0.1) is 23.0 Å². The highest BCUT2D eigenvalue weighted by molar-refractivity contribution is 7.98. The third-order valence-corrected chi connectivity index (χ3v) is 7.03. The van der Waals surface area contributed by atoms with E-state index in [1.165, 1.54) is 17.3 Å². The van der Waals surface area contributed by atoms with E-state index in [0.29, 0.717) is 32.5 Å². The van der Waals surface area contributed by atoms with E-state index in [9.17, 15) is 8.42 Å². The molecule has 0 radical (unpaired) electrons. The number of aryl methyl sites for hydroxylation is 1. The average Bonchev–Trinajstić information content (AvgIpc) is 3.09. The molecule has 0 saturated carbocycles. The smallest absolute Gasteiger partial charge is 0.211 e. The molecule has 0 spiro atoms. The van der Waals surface area contributed by atoms with E-state index in [1.54, 1.807) is 29.7 Å². The van der Waals surface area contributed by atoms with Crippen molar-refractivity contribution in [3.63, 3.8) is 0 Å². The summed E-state index contributed by atoms with van der Waals surface area (Å²) in [6.07, 6.45) is 0. The molecule has 0 aliphatic heterocycles. The lowest BCUT2D eigenvalue weighted by atomic mass is 10.2. The van der Waals surface area contributed by atoms with Crippen LogP contribution in [0.2, 0.25) is 10.0 Å². The number of benzene rings is 2. The molecule has 0 unspecified atom stereocenters. The summed E-state index contributed by atoms with van der Waals surface area (Å²) in [6.45, 7) is 3.61.